The third-order valence-corrected chi connectivity index (χ3v) is 10.6. The molecule has 3 aromatic heterocycles. The van der Waals surface area contributed by atoms with Gasteiger partial charge in [0.1, 0.15) is 0 Å². The molecule has 0 fully saturated rings. The van der Waals surface area contributed by atoms with E-state index in [9.17, 15) is 0 Å². The fraction of sp³-hybridized carbons (Fsp3) is 0.167. The minimum absolute atomic E-state index is 0.114. The van der Waals surface area contributed by atoms with Gasteiger partial charge in [0, 0.05) is 33.6 Å². The van der Waals surface area contributed by atoms with Gasteiger partial charge in [0.2, 0.25) is 0 Å². The molecule has 0 unspecified atom stereocenters. The van der Waals surface area contributed by atoms with E-state index in [1.54, 1.807) is 0 Å². The lowest BCUT2D eigenvalue weighted by Crippen LogP contribution is -2.10. The Hall–Kier alpha value is -6.00. The molecule has 254 valence electrons. The van der Waals surface area contributed by atoms with E-state index in [0.29, 0.717) is 0 Å². The first kappa shape index (κ1) is 31.9. The summed E-state index contributed by atoms with van der Waals surface area (Å²) >= 11 is 0. The zero-order valence-corrected chi connectivity index (χ0v) is 30.6. The molecular formula is C48H42N4. The summed E-state index contributed by atoms with van der Waals surface area (Å²) in [6.45, 7) is 13.6. The summed E-state index contributed by atoms with van der Waals surface area (Å²) in [5, 5.41) is 13.9. The maximum Gasteiger partial charge on any atom is 0.168 e. The maximum absolute atomic E-state index is 4.63. The number of nitrogens with zero attached hydrogens (tertiary/aromatic N) is 4. The topological polar surface area (TPSA) is 35.1 Å². The van der Waals surface area contributed by atoms with Gasteiger partial charge in [0.25, 0.3) is 0 Å². The Balaban J connectivity index is 1.18. The molecule has 9 aromatic rings. The smallest absolute Gasteiger partial charge is 0.168 e. The molecule has 3 heterocycles. The van der Waals surface area contributed by atoms with E-state index in [0.717, 1.165) is 33.5 Å². The summed E-state index contributed by atoms with van der Waals surface area (Å²) in [6, 6.07) is 51.1. The molecule has 0 radical (unpaired) electrons. The van der Waals surface area contributed by atoms with Crippen molar-refractivity contribution in [2.45, 2.75) is 52.4 Å². The van der Waals surface area contributed by atoms with Crippen LogP contribution in [0.2, 0.25) is 0 Å². The molecule has 4 heteroatoms. The number of aromatic nitrogens is 4. The number of hydrogen-bond acceptors (Lipinski definition) is 2. The van der Waals surface area contributed by atoms with Crippen molar-refractivity contribution in [3.05, 3.63) is 157 Å². The molecule has 0 amide bonds. The Kier molecular flexibility index (Phi) is 7.24. The van der Waals surface area contributed by atoms with Crippen LogP contribution in [0.5, 0.6) is 0 Å². The molecular weight excluding hydrogens is 633 g/mol. The van der Waals surface area contributed by atoms with Gasteiger partial charge in [-0.25, -0.2) is 0 Å². The zero-order chi connectivity index (χ0) is 35.8. The minimum atomic E-state index is 0.114. The molecule has 0 aliphatic heterocycles. The summed E-state index contributed by atoms with van der Waals surface area (Å²) in [5.74, 6) is 0.832. The van der Waals surface area contributed by atoms with Gasteiger partial charge in [-0.3, -0.25) is 4.40 Å². The van der Waals surface area contributed by atoms with Crippen molar-refractivity contribution >= 4 is 38.2 Å². The average Bonchev–Trinajstić information content (AvgIpc) is 3.73. The highest BCUT2D eigenvalue weighted by Crippen LogP contribution is 2.38. The van der Waals surface area contributed by atoms with Crippen molar-refractivity contribution in [3.63, 3.8) is 0 Å². The van der Waals surface area contributed by atoms with E-state index < -0.39 is 0 Å². The first-order valence-electron chi connectivity index (χ1n) is 18.2. The standard InChI is InChI=1S/C48H42N4/c1-47(2,3)37-19-11-31(12-20-37)35-17-25-43-41(29-35)42-30-36(32-13-21-38(22-14-32)48(4,5)6)18-26-44(42)52(43)39-23-15-34(16-24-39)45-49-50-46-40-10-8-7-9-33(40)27-28-51(45)46/h7-30H,1-6H3. The molecule has 0 aliphatic rings. The first-order valence-corrected chi connectivity index (χ1v) is 18.2. The highest BCUT2D eigenvalue weighted by Gasteiger charge is 2.18. The van der Waals surface area contributed by atoms with Crippen LogP contribution in [0.25, 0.3) is 77.6 Å². The van der Waals surface area contributed by atoms with Crippen molar-refractivity contribution in [2.75, 3.05) is 0 Å². The number of benzene rings is 6. The van der Waals surface area contributed by atoms with E-state index in [1.165, 1.54) is 55.2 Å². The molecule has 0 saturated carbocycles. The average molecular weight is 675 g/mol. The van der Waals surface area contributed by atoms with E-state index in [1.807, 2.05) is 0 Å². The highest BCUT2D eigenvalue weighted by atomic mass is 15.2. The third-order valence-electron chi connectivity index (χ3n) is 10.6. The lowest BCUT2D eigenvalue weighted by atomic mass is 9.86. The van der Waals surface area contributed by atoms with E-state index in [-0.39, 0.29) is 10.8 Å². The quantitative estimate of drug-likeness (QED) is 0.186. The summed E-state index contributed by atoms with van der Waals surface area (Å²) < 4.78 is 4.48. The Bertz CT molecular complexity index is 2650. The monoisotopic (exact) mass is 674 g/mol. The van der Waals surface area contributed by atoms with Crippen LogP contribution in [0.15, 0.2) is 146 Å². The van der Waals surface area contributed by atoms with E-state index >= 15 is 0 Å². The minimum Gasteiger partial charge on any atom is -0.309 e. The fourth-order valence-electron chi connectivity index (χ4n) is 7.56. The molecule has 0 aliphatic carbocycles. The molecule has 9 rings (SSSR count). The van der Waals surface area contributed by atoms with Crippen LogP contribution in [0.3, 0.4) is 0 Å². The van der Waals surface area contributed by atoms with Gasteiger partial charge in [0.05, 0.1) is 11.0 Å². The van der Waals surface area contributed by atoms with Gasteiger partial charge < -0.3 is 4.57 Å². The van der Waals surface area contributed by atoms with Crippen LogP contribution in [-0.2, 0) is 10.8 Å². The molecule has 0 bridgehead atoms. The van der Waals surface area contributed by atoms with Gasteiger partial charge in [-0.05, 0) is 104 Å². The second-order valence-electron chi connectivity index (χ2n) is 16.1. The van der Waals surface area contributed by atoms with E-state index in [4.69, 9.17) is 0 Å². The molecule has 4 nitrogen and oxygen atoms in total. The van der Waals surface area contributed by atoms with Crippen molar-refractivity contribution in [1.82, 2.24) is 19.2 Å². The SMILES string of the molecule is CC(C)(C)c1ccc(-c2ccc3c(c2)c2cc(-c4ccc(C(C)(C)C)cc4)ccc2n3-c2ccc(-c3nnc4c5ccccc5ccn34)cc2)cc1. The van der Waals surface area contributed by atoms with Crippen molar-refractivity contribution in [3.8, 4) is 39.3 Å². The van der Waals surface area contributed by atoms with Gasteiger partial charge >= 0.3 is 0 Å². The molecule has 0 N–H and O–H groups in total. The number of hydrogen-bond donors (Lipinski definition) is 0. The van der Waals surface area contributed by atoms with Crippen LogP contribution < -0.4 is 0 Å². The number of pyridine rings is 1. The Morgan fingerprint density at radius 3 is 1.48 bits per heavy atom. The van der Waals surface area contributed by atoms with Crippen LogP contribution >= 0.6 is 0 Å². The summed E-state index contributed by atoms with van der Waals surface area (Å²) in [5.41, 5.74) is 13.1. The highest BCUT2D eigenvalue weighted by molar-refractivity contribution is 6.11. The van der Waals surface area contributed by atoms with Gasteiger partial charge in [0.15, 0.2) is 11.5 Å². The zero-order valence-electron chi connectivity index (χ0n) is 30.6. The fourth-order valence-corrected chi connectivity index (χ4v) is 7.56. The Morgan fingerprint density at radius 2 is 0.942 bits per heavy atom. The van der Waals surface area contributed by atoms with Crippen LogP contribution in [0.4, 0.5) is 0 Å². The molecule has 52 heavy (non-hydrogen) atoms. The molecule has 6 aromatic carbocycles. The van der Waals surface area contributed by atoms with Crippen molar-refractivity contribution < 1.29 is 0 Å². The summed E-state index contributed by atoms with van der Waals surface area (Å²) in [4.78, 5) is 0. The number of fused-ring (bicyclic) bond motifs is 6. The van der Waals surface area contributed by atoms with Crippen LogP contribution in [0, 0.1) is 0 Å². The third kappa shape index (κ3) is 5.38. The molecule has 0 atom stereocenters. The molecule has 0 spiro atoms. The summed E-state index contributed by atoms with van der Waals surface area (Å²) in [6.07, 6.45) is 2.07. The Morgan fingerprint density at radius 1 is 0.442 bits per heavy atom. The van der Waals surface area contributed by atoms with E-state index in [2.05, 4.69) is 206 Å². The van der Waals surface area contributed by atoms with Crippen LogP contribution in [-0.4, -0.2) is 19.2 Å². The van der Waals surface area contributed by atoms with Crippen molar-refractivity contribution in [1.29, 1.82) is 0 Å². The lowest BCUT2D eigenvalue weighted by Gasteiger charge is -2.19. The predicted octanol–water partition coefficient (Wildman–Crippen LogP) is 12.6. The van der Waals surface area contributed by atoms with Gasteiger partial charge in [-0.1, -0.05) is 126 Å². The van der Waals surface area contributed by atoms with Crippen molar-refractivity contribution in [2.24, 2.45) is 0 Å². The predicted molar refractivity (Wildman–Crippen MR) is 219 cm³/mol. The lowest BCUT2D eigenvalue weighted by molar-refractivity contribution is 0.590. The Labute approximate surface area is 305 Å². The maximum atomic E-state index is 4.63. The normalized spacial score (nSPS) is 12.4. The number of rotatable bonds is 4. The first-order chi connectivity index (χ1) is 25.0. The van der Waals surface area contributed by atoms with Gasteiger partial charge in [-0.15, -0.1) is 10.2 Å². The second-order valence-corrected chi connectivity index (χ2v) is 16.1. The van der Waals surface area contributed by atoms with Gasteiger partial charge in [-0.2, -0.15) is 0 Å². The largest absolute Gasteiger partial charge is 0.309 e. The molecule has 0 saturated heterocycles. The summed E-state index contributed by atoms with van der Waals surface area (Å²) in [7, 11) is 0. The van der Waals surface area contributed by atoms with Crippen LogP contribution in [0.1, 0.15) is 52.7 Å². The second kappa shape index (κ2) is 11.8.